The maximum Gasteiger partial charge on any atom is 0.338 e. The first-order valence-electron chi connectivity index (χ1n) is 4.47. The van der Waals surface area contributed by atoms with Gasteiger partial charge in [0.25, 0.3) is 0 Å². The van der Waals surface area contributed by atoms with Crippen LogP contribution in [-0.4, -0.2) is 31.9 Å². The number of aliphatic hydroxyl groups is 2. The summed E-state index contributed by atoms with van der Waals surface area (Å²) in [7, 11) is 0. The second-order valence-electron chi connectivity index (χ2n) is 3.29. The molecule has 0 amide bonds. The van der Waals surface area contributed by atoms with Crippen LogP contribution in [0.15, 0.2) is 5.51 Å². The van der Waals surface area contributed by atoms with E-state index in [1.165, 1.54) is 12.4 Å². The van der Waals surface area contributed by atoms with E-state index in [4.69, 9.17) is 5.11 Å². The number of thiazole rings is 1. The molecule has 3 N–H and O–H groups in total. The molecule has 0 radical (unpaired) electrons. The Labute approximate surface area is 91.0 Å². The summed E-state index contributed by atoms with van der Waals surface area (Å²) in [6.45, 7) is 3.17. The fourth-order valence-corrected chi connectivity index (χ4v) is 2.12. The summed E-state index contributed by atoms with van der Waals surface area (Å²) < 4.78 is 0. The number of hydrogen-bond acceptors (Lipinski definition) is 5. The van der Waals surface area contributed by atoms with Crippen LogP contribution in [0.2, 0.25) is 0 Å². The van der Waals surface area contributed by atoms with Crippen LogP contribution in [0.3, 0.4) is 0 Å². The predicted octanol–water partition coefficient (Wildman–Crippen LogP) is 0.711. The maximum absolute atomic E-state index is 10.9. The number of aliphatic carboxylic acids is 1. The van der Waals surface area contributed by atoms with Gasteiger partial charge >= 0.3 is 5.97 Å². The topological polar surface area (TPSA) is 90.7 Å². The van der Waals surface area contributed by atoms with Crippen LogP contribution in [0.4, 0.5) is 0 Å². The SMILES string of the molecule is CCC(O)(C(=O)O)[C@H](O)c1scnc1C. The summed E-state index contributed by atoms with van der Waals surface area (Å²) in [6.07, 6.45) is -1.51. The van der Waals surface area contributed by atoms with Crippen molar-refractivity contribution in [3.63, 3.8) is 0 Å². The Morgan fingerprint density at radius 1 is 1.73 bits per heavy atom. The number of carboxylic acid groups (broad SMARTS) is 1. The number of aliphatic hydroxyl groups excluding tert-OH is 1. The smallest absolute Gasteiger partial charge is 0.338 e. The first-order chi connectivity index (χ1) is 6.93. The highest BCUT2D eigenvalue weighted by Crippen LogP contribution is 2.33. The number of rotatable bonds is 4. The zero-order chi connectivity index (χ0) is 11.6. The van der Waals surface area contributed by atoms with Crippen molar-refractivity contribution in [2.24, 2.45) is 0 Å². The van der Waals surface area contributed by atoms with E-state index in [1.807, 2.05) is 0 Å². The van der Waals surface area contributed by atoms with Crippen molar-refractivity contribution in [2.75, 3.05) is 0 Å². The quantitative estimate of drug-likeness (QED) is 0.710. The molecular weight excluding hydrogens is 218 g/mol. The highest BCUT2D eigenvalue weighted by molar-refractivity contribution is 7.09. The standard InChI is InChI=1S/C9H13NO4S/c1-3-9(14,8(12)13)7(11)6-5(2)10-4-15-6/h4,7,11,14H,3H2,1-2H3,(H,12,13)/t7-,9?/m1/s1. The molecule has 1 aromatic heterocycles. The van der Waals surface area contributed by atoms with Gasteiger partial charge in [-0.25, -0.2) is 9.78 Å². The Bertz CT molecular complexity index is 365. The monoisotopic (exact) mass is 231 g/mol. The van der Waals surface area contributed by atoms with Crippen LogP contribution in [0, 0.1) is 6.92 Å². The summed E-state index contributed by atoms with van der Waals surface area (Å²) >= 11 is 1.13. The fraction of sp³-hybridized carbons (Fsp3) is 0.556. The molecule has 0 aromatic carbocycles. The van der Waals surface area contributed by atoms with E-state index in [-0.39, 0.29) is 6.42 Å². The number of aromatic nitrogens is 1. The highest BCUT2D eigenvalue weighted by Gasteiger charge is 2.44. The maximum atomic E-state index is 10.9. The van der Waals surface area contributed by atoms with Crippen molar-refractivity contribution in [3.8, 4) is 0 Å². The number of hydrogen-bond donors (Lipinski definition) is 3. The van der Waals surface area contributed by atoms with Crippen LogP contribution in [0.1, 0.15) is 30.0 Å². The van der Waals surface area contributed by atoms with Gasteiger partial charge in [0.15, 0.2) is 5.60 Å². The zero-order valence-corrected chi connectivity index (χ0v) is 9.28. The minimum absolute atomic E-state index is 0.0686. The van der Waals surface area contributed by atoms with E-state index in [0.29, 0.717) is 10.6 Å². The largest absolute Gasteiger partial charge is 0.479 e. The summed E-state index contributed by atoms with van der Waals surface area (Å²) in [5.41, 5.74) is -0.0936. The number of carboxylic acids is 1. The molecule has 0 spiro atoms. The lowest BCUT2D eigenvalue weighted by atomic mass is 9.92. The van der Waals surface area contributed by atoms with Crippen molar-refractivity contribution >= 4 is 17.3 Å². The van der Waals surface area contributed by atoms with E-state index in [2.05, 4.69) is 4.98 Å². The molecule has 0 aliphatic heterocycles. The minimum atomic E-state index is -2.14. The normalized spacial score (nSPS) is 17.1. The summed E-state index contributed by atoms with van der Waals surface area (Å²) in [4.78, 5) is 15.2. The Hall–Kier alpha value is -0.980. The van der Waals surface area contributed by atoms with Crippen molar-refractivity contribution in [1.82, 2.24) is 4.98 Å². The van der Waals surface area contributed by atoms with Crippen LogP contribution >= 0.6 is 11.3 Å². The van der Waals surface area contributed by atoms with Gasteiger partial charge in [-0.3, -0.25) is 0 Å². The lowest BCUT2D eigenvalue weighted by Gasteiger charge is -2.26. The first kappa shape index (κ1) is 12.1. The molecule has 0 aliphatic rings. The van der Waals surface area contributed by atoms with Crippen molar-refractivity contribution < 1.29 is 20.1 Å². The zero-order valence-electron chi connectivity index (χ0n) is 8.47. The van der Waals surface area contributed by atoms with E-state index >= 15 is 0 Å². The first-order valence-corrected chi connectivity index (χ1v) is 5.35. The van der Waals surface area contributed by atoms with Crippen LogP contribution < -0.4 is 0 Å². The van der Waals surface area contributed by atoms with Gasteiger partial charge < -0.3 is 15.3 Å². The molecule has 84 valence electrons. The Morgan fingerprint density at radius 3 is 2.67 bits per heavy atom. The third kappa shape index (κ3) is 2.01. The Balaban J connectivity index is 3.07. The number of aryl methyl sites for hydroxylation is 1. The molecule has 6 heteroatoms. The summed E-state index contributed by atoms with van der Waals surface area (Å²) in [5, 5.41) is 28.5. The molecule has 0 saturated carbocycles. The van der Waals surface area contributed by atoms with Gasteiger partial charge in [-0.2, -0.15) is 0 Å². The van der Waals surface area contributed by atoms with Gasteiger partial charge in [-0.05, 0) is 13.3 Å². The van der Waals surface area contributed by atoms with Gasteiger partial charge in [0.05, 0.1) is 16.1 Å². The second kappa shape index (κ2) is 4.26. The Morgan fingerprint density at radius 2 is 2.33 bits per heavy atom. The van der Waals surface area contributed by atoms with Crippen LogP contribution in [-0.2, 0) is 4.79 Å². The lowest BCUT2D eigenvalue weighted by Crippen LogP contribution is -2.43. The second-order valence-corrected chi connectivity index (χ2v) is 4.17. The molecule has 0 aliphatic carbocycles. The van der Waals surface area contributed by atoms with Gasteiger partial charge in [-0.15, -0.1) is 11.3 Å². The average Bonchev–Trinajstić information content (AvgIpc) is 2.61. The molecule has 1 unspecified atom stereocenters. The minimum Gasteiger partial charge on any atom is -0.479 e. The van der Waals surface area contributed by atoms with E-state index < -0.39 is 17.7 Å². The molecule has 2 atom stereocenters. The predicted molar refractivity (Wildman–Crippen MR) is 54.7 cm³/mol. The Kier molecular flexibility index (Phi) is 3.43. The molecule has 1 heterocycles. The molecular formula is C9H13NO4S. The molecule has 5 nitrogen and oxygen atoms in total. The van der Waals surface area contributed by atoms with Crippen molar-refractivity contribution in [2.45, 2.75) is 32.0 Å². The van der Waals surface area contributed by atoms with Gasteiger partial charge in [0.2, 0.25) is 0 Å². The molecule has 1 aromatic rings. The number of carbonyl (C=O) groups is 1. The van der Waals surface area contributed by atoms with E-state index in [0.717, 1.165) is 11.3 Å². The average molecular weight is 231 g/mol. The molecule has 15 heavy (non-hydrogen) atoms. The van der Waals surface area contributed by atoms with Crippen molar-refractivity contribution in [1.29, 1.82) is 0 Å². The van der Waals surface area contributed by atoms with Crippen LogP contribution in [0.5, 0.6) is 0 Å². The van der Waals surface area contributed by atoms with Gasteiger partial charge in [0, 0.05) is 0 Å². The van der Waals surface area contributed by atoms with E-state index in [9.17, 15) is 15.0 Å². The van der Waals surface area contributed by atoms with Gasteiger partial charge in [-0.1, -0.05) is 6.92 Å². The van der Waals surface area contributed by atoms with Crippen LogP contribution in [0.25, 0.3) is 0 Å². The van der Waals surface area contributed by atoms with E-state index in [1.54, 1.807) is 6.92 Å². The number of nitrogens with zero attached hydrogens (tertiary/aromatic N) is 1. The molecule has 1 rings (SSSR count). The summed E-state index contributed by atoms with van der Waals surface area (Å²) in [5.74, 6) is -1.43. The van der Waals surface area contributed by atoms with Crippen molar-refractivity contribution in [3.05, 3.63) is 16.1 Å². The fourth-order valence-electron chi connectivity index (χ4n) is 1.25. The summed E-state index contributed by atoms with van der Waals surface area (Å²) in [6, 6.07) is 0. The molecule has 0 bridgehead atoms. The lowest BCUT2D eigenvalue weighted by molar-refractivity contribution is -0.172. The third-order valence-corrected chi connectivity index (χ3v) is 3.38. The molecule has 0 fully saturated rings. The third-order valence-electron chi connectivity index (χ3n) is 2.39. The molecule has 0 saturated heterocycles. The van der Waals surface area contributed by atoms with Gasteiger partial charge in [0.1, 0.15) is 6.10 Å². The highest BCUT2D eigenvalue weighted by atomic mass is 32.1.